The van der Waals surface area contributed by atoms with Gasteiger partial charge in [-0.3, -0.25) is 14.9 Å². The topological polar surface area (TPSA) is 83.5 Å². The molecule has 1 aromatic carbocycles. The zero-order chi connectivity index (χ0) is 12.4. The van der Waals surface area contributed by atoms with Crippen molar-refractivity contribution >= 4 is 18.6 Å². The van der Waals surface area contributed by atoms with Crippen LogP contribution in [0.5, 0.6) is 5.75 Å². The van der Waals surface area contributed by atoms with Crippen molar-refractivity contribution in [2.24, 2.45) is 0 Å². The van der Waals surface area contributed by atoms with Gasteiger partial charge < -0.3 is 9.90 Å². The summed E-state index contributed by atoms with van der Waals surface area (Å²) in [7, 11) is 0. The van der Waals surface area contributed by atoms with Gasteiger partial charge in [-0.1, -0.05) is 18.2 Å². The van der Waals surface area contributed by atoms with E-state index in [1.54, 1.807) is 24.3 Å². The number of imide groups is 1. The van der Waals surface area contributed by atoms with E-state index in [4.69, 9.17) is 9.90 Å². The van der Waals surface area contributed by atoms with Crippen LogP contribution in [0, 0.1) is 0 Å². The minimum atomic E-state index is -0.329. The van der Waals surface area contributed by atoms with Gasteiger partial charge >= 0.3 is 0 Å². The van der Waals surface area contributed by atoms with Crippen LogP contribution in [0.3, 0.4) is 0 Å². The molecule has 0 unspecified atom stereocenters. The van der Waals surface area contributed by atoms with Crippen LogP contribution in [-0.2, 0) is 14.4 Å². The maximum atomic E-state index is 10.0. The Balaban J connectivity index is 0.000000244. The molecule has 84 valence electrons. The van der Waals surface area contributed by atoms with E-state index in [9.17, 15) is 9.59 Å². The van der Waals surface area contributed by atoms with E-state index >= 15 is 0 Å². The molecule has 0 atom stereocenters. The molecule has 0 saturated heterocycles. The summed E-state index contributed by atoms with van der Waals surface area (Å²) >= 11 is 0. The molecule has 0 spiro atoms. The van der Waals surface area contributed by atoms with Crippen molar-refractivity contribution in [1.29, 1.82) is 0 Å². The predicted octanol–water partition coefficient (Wildman–Crippen LogP) is 0.406. The molecular weight excluding hydrogens is 210 g/mol. The number of carbonyl (C=O) groups excluding carboxylic acids is 3. The summed E-state index contributed by atoms with van der Waals surface area (Å²) in [5.74, 6) is -0.336. The monoisotopic (exact) mass is 221 g/mol. The van der Waals surface area contributed by atoms with Crippen LogP contribution in [0.2, 0.25) is 0 Å². The smallest absolute Gasteiger partial charge is 0.250 e. The van der Waals surface area contributed by atoms with Gasteiger partial charge in [-0.15, -0.1) is 0 Å². The number of nitrogens with one attached hydrogen (secondary N) is 1. The molecule has 16 heavy (non-hydrogen) atoms. The molecule has 0 radical (unpaired) electrons. The molecule has 1 aromatic rings. The van der Waals surface area contributed by atoms with Gasteiger partial charge in [-0.05, 0) is 12.1 Å². The SMILES string of the molecule is C=O.O=C1C=CC(=O)N1.Oc1ccccc1. The standard InChI is InChI=1S/C6H6O.C4H3NO2.CH2O/c7-6-4-2-1-3-5-6;6-3-1-2-4(7)5-3;1-2/h1-5,7H;1-2H,(H,5,6,7);1H2. The maximum Gasteiger partial charge on any atom is 0.250 e. The van der Waals surface area contributed by atoms with Gasteiger partial charge in [0.1, 0.15) is 12.5 Å². The molecule has 0 saturated carbocycles. The maximum absolute atomic E-state index is 10.0. The fourth-order valence-corrected chi connectivity index (χ4v) is 0.784. The van der Waals surface area contributed by atoms with Crippen molar-refractivity contribution < 1.29 is 19.5 Å². The van der Waals surface area contributed by atoms with Gasteiger partial charge in [0.15, 0.2) is 0 Å². The summed E-state index contributed by atoms with van der Waals surface area (Å²) in [6.07, 6.45) is 2.39. The molecule has 5 heteroatoms. The average Bonchev–Trinajstić information content (AvgIpc) is 2.67. The molecule has 0 fully saturated rings. The van der Waals surface area contributed by atoms with Gasteiger partial charge in [-0.2, -0.15) is 0 Å². The van der Waals surface area contributed by atoms with Crippen LogP contribution < -0.4 is 5.32 Å². The van der Waals surface area contributed by atoms with Crippen molar-refractivity contribution in [3.8, 4) is 5.75 Å². The normalized spacial score (nSPS) is 11.8. The lowest BCUT2D eigenvalue weighted by atomic mass is 10.3. The van der Waals surface area contributed by atoms with Crippen LogP contribution in [0.15, 0.2) is 42.5 Å². The lowest BCUT2D eigenvalue weighted by Gasteiger charge is -1.82. The Morgan fingerprint density at radius 1 is 0.938 bits per heavy atom. The van der Waals surface area contributed by atoms with Crippen molar-refractivity contribution in [2.45, 2.75) is 0 Å². The third-order valence-electron chi connectivity index (χ3n) is 1.39. The van der Waals surface area contributed by atoms with Crippen LogP contribution in [0.4, 0.5) is 0 Å². The zero-order valence-electron chi connectivity index (χ0n) is 8.42. The number of hydrogen-bond donors (Lipinski definition) is 2. The molecule has 0 bridgehead atoms. The summed E-state index contributed by atoms with van der Waals surface area (Å²) in [4.78, 5) is 28.1. The molecule has 2 N–H and O–H groups in total. The second-order valence-corrected chi connectivity index (χ2v) is 2.52. The van der Waals surface area contributed by atoms with Gasteiger partial charge in [0.05, 0.1) is 0 Å². The Morgan fingerprint density at radius 2 is 1.38 bits per heavy atom. The van der Waals surface area contributed by atoms with E-state index in [1.165, 1.54) is 12.2 Å². The molecule has 2 rings (SSSR count). The van der Waals surface area contributed by atoms with E-state index in [0.29, 0.717) is 5.75 Å². The highest BCUT2D eigenvalue weighted by atomic mass is 16.3. The predicted molar refractivity (Wildman–Crippen MR) is 57.5 cm³/mol. The molecule has 1 heterocycles. The zero-order valence-corrected chi connectivity index (χ0v) is 8.42. The fourth-order valence-electron chi connectivity index (χ4n) is 0.784. The third-order valence-corrected chi connectivity index (χ3v) is 1.39. The molecule has 2 amide bonds. The van der Waals surface area contributed by atoms with E-state index < -0.39 is 0 Å². The molecule has 0 aliphatic carbocycles. The number of para-hydroxylation sites is 1. The number of amides is 2. The minimum absolute atomic E-state index is 0.322. The Hall–Kier alpha value is -2.43. The highest BCUT2D eigenvalue weighted by molar-refractivity contribution is 6.12. The van der Waals surface area contributed by atoms with Crippen molar-refractivity contribution in [3.05, 3.63) is 42.5 Å². The fraction of sp³-hybridized carbons (Fsp3) is 0. The van der Waals surface area contributed by atoms with Gasteiger partial charge in [-0.25, -0.2) is 0 Å². The Kier molecular flexibility index (Phi) is 6.72. The highest BCUT2D eigenvalue weighted by Gasteiger charge is 2.06. The number of carbonyl (C=O) groups is 3. The second kappa shape index (κ2) is 7.93. The number of phenolic OH excluding ortho intramolecular Hbond substituents is 1. The molecular formula is C11H11NO4. The Bertz CT molecular complexity index is 357. The van der Waals surface area contributed by atoms with Gasteiger partial charge in [0.25, 0.3) is 11.8 Å². The summed E-state index contributed by atoms with van der Waals surface area (Å²) in [6, 6.07) is 8.71. The Morgan fingerprint density at radius 3 is 1.56 bits per heavy atom. The number of benzene rings is 1. The highest BCUT2D eigenvalue weighted by Crippen LogP contribution is 2.02. The molecule has 1 aliphatic rings. The number of hydrogen-bond acceptors (Lipinski definition) is 4. The number of rotatable bonds is 0. The van der Waals surface area contributed by atoms with Gasteiger partial charge in [0.2, 0.25) is 0 Å². The quantitative estimate of drug-likeness (QED) is 0.621. The van der Waals surface area contributed by atoms with Crippen molar-refractivity contribution in [2.75, 3.05) is 0 Å². The van der Waals surface area contributed by atoms with Crippen LogP contribution >= 0.6 is 0 Å². The largest absolute Gasteiger partial charge is 0.508 e. The van der Waals surface area contributed by atoms with Crippen molar-refractivity contribution in [3.63, 3.8) is 0 Å². The second-order valence-electron chi connectivity index (χ2n) is 2.52. The van der Waals surface area contributed by atoms with Crippen molar-refractivity contribution in [1.82, 2.24) is 5.32 Å². The summed E-state index contributed by atoms with van der Waals surface area (Å²) in [6.45, 7) is 2.00. The molecule has 1 aliphatic heterocycles. The van der Waals surface area contributed by atoms with E-state index in [2.05, 4.69) is 0 Å². The minimum Gasteiger partial charge on any atom is -0.508 e. The lowest BCUT2D eigenvalue weighted by Crippen LogP contribution is -2.19. The number of aromatic hydroxyl groups is 1. The van der Waals surface area contributed by atoms with E-state index in [0.717, 1.165) is 0 Å². The summed E-state index contributed by atoms with van der Waals surface area (Å²) in [5.41, 5.74) is 0. The third kappa shape index (κ3) is 6.09. The summed E-state index contributed by atoms with van der Waals surface area (Å²) < 4.78 is 0. The first-order valence-electron chi connectivity index (χ1n) is 4.24. The average molecular weight is 221 g/mol. The van der Waals surface area contributed by atoms with Crippen LogP contribution in [0.25, 0.3) is 0 Å². The van der Waals surface area contributed by atoms with Crippen LogP contribution in [-0.4, -0.2) is 23.7 Å². The van der Waals surface area contributed by atoms with Gasteiger partial charge in [0, 0.05) is 12.2 Å². The van der Waals surface area contributed by atoms with Crippen LogP contribution in [0.1, 0.15) is 0 Å². The first-order chi connectivity index (χ1) is 7.68. The first-order valence-corrected chi connectivity index (χ1v) is 4.24. The lowest BCUT2D eigenvalue weighted by molar-refractivity contribution is -0.123. The molecule has 5 nitrogen and oxygen atoms in total. The summed E-state index contributed by atoms with van der Waals surface area (Å²) in [5, 5.41) is 10.7. The Labute approximate surface area is 92.4 Å². The van der Waals surface area contributed by atoms with E-state index in [1.807, 2.05) is 18.2 Å². The molecule has 0 aromatic heterocycles. The first kappa shape index (κ1) is 13.6. The van der Waals surface area contributed by atoms with E-state index in [-0.39, 0.29) is 11.8 Å². The number of phenols is 1.